The average Bonchev–Trinajstić information content (AvgIpc) is 2.75. The van der Waals surface area contributed by atoms with E-state index in [4.69, 9.17) is 4.74 Å². The van der Waals surface area contributed by atoms with Crippen LogP contribution < -0.4 is 15.4 Å². The second kappa shape index (κ2) is 9.78. The maximum Gasteiger partial charge on any atom is 0.316 e. The number of carbonyl (C=O) groups is 4. The fourth-order valence-electron chi connectivity index (χ4n) is 3.08. The second-order valence-corrected chi connectivity index (χ2v) is 7.35. The Hall–Kier alpha value is -4.14. The first-order chi connectivity index (χ1) is 15.2. The van der Waals surface area contributed by atoms with E-state index in [-0.39, 0.29) is 0 Å². The third-order valence-corrected chi connectivity index (χ3v) is 4.84. The van der Waals surface area contributed by atoms with Gasteiger partial charge in [-0.25, -0.2) is 4.79 Å². The summed E-state index contributed by atoms with van der Waals surface area (Å²) in [6, 6.07) is 11.1. The molecule has 0 saturated carbocycles. The smallest absolute Gasteiger partial charge is 0.316 e. The van der Waals surface area contributed by atoms with Crippen LogP contribution in [0.5, 0.6) is 11.5 Å². The molecule has 32 heavy (non-hydrogen) atoms. The molecule has 1 heterocycles. The largest absolute Gasteiger partial charge is 0.481 e. The second-order valence-electron chi connectivity index (χ2n) is 7.35. The van der Waals surface area contributed by atoms with Crippen LogP contribution in [0.1, 0.15) is 23.6 Å². The maximum absolute atomic E-state index is 12.4. The predicted molar refractivity (Wildman–Crippen MR) is 115 cm³/mol. The predicted octanol–water partition coefficient (Wildman–Crippen LogP) is 2.53. The number of ether oxygens (including phenoxy) is 1. The molecule has 0 fully saturated rings. The number of nitrogens with zero attached hydrogens (tertiary/aromatic N) is 1. The first kappa shape index (κ1) is 22.5. The van der Waals surface area contributed by atoms with Crippen molar-refractivity contribution in [2.24, 2.45) is 0 Å². The summed E-state index contributed by atoms with van der Waals surface area (Å²) in [5.41, 5.74) is 1.63. The van der Waals surface area contributed by atoms with Gasteiger partial charge in [0, 0.05) is 19.3 Å². The van der Waals surface area contributed by atoms with Gasteiger partial charge in [-0.2, -0.15) is 0 Å². The molecule has 2 unspecified atom stereocenters. The number of nitrogens with one attached hydrogen (secondary N) is 2. The van der Waals surface area contributed by atoms with Gasteiger partial charge in [-0.05, 0) is 36.8 Å². The highest BCUT2D eigenvalue weighted by Crippen LogP contribution is 2.25. The molecule has 2 aromatic rings. The third kappa shape index (κ3) is 5.72. The van der Waals surface area contributed by atoms with Crippen LogP contribution in [-0.2, 0) is 14.4 Å². The Labute approximate surface area is 184 Å². The lowest BCUT2D eigenvalue weighted by Crippen LogP contribution is -2.55. The molecule has 2 aromatic carbocycles. The van der Waals surface area contributed by atoms with Crippen molar-refractivity contribution in [3.8, 4) is 11.5 Å². The summed E-state index contributed by atoms with van der Waals surface area (Å²) in [7, 11) is 1.46. The number of urea groups is 1. The van der Waals surface area contributed by atoms with Crippen molar-refractivity contribution in [3.05, 3.63) is 71.9 Å². The Morgan fingerprint density at radius 3 is 2.25 bits per heavy atom. The van der Waals surface area contributed by atoms with Crippen molar-refractivity contribution < 1.29 is 29.0 Å². The molecule has 3 amide bonds. The van der Waals surface area contributed by atoms with Gasteiger partial charge < -0.3 is 25.4 Å². The molecular weight excluding hydrogens is 414 g/mol. The zero-order chi connectivity index (χ0) is 23.3. The summed E-state index contributed by atoms with van der Waals surface area (Å²) in [6.45, 7) is 1.97. The van der Waals surface area contributed by atoms with Crippen LogP contribution in [0.25, 0.3) is 0 Å². The third-order valence-electron chi connectivity index (χ3n) is 4.84. The lowest BCUT2D eigenvalue weighted by Gasteiger charge is -2.25. The first-order valence-electron chi connectivity index (χ1n) is 9.85. The van der Waals surface area contributed by atoms with Gasteiger partial charge >= 0.3 is 12.0 Å². The molecular formula is C23H23N3O6. The topological polar surface area (TPSA) is 125 Å². The zero-order valence-electron chi connectivity index (χ0n) is 17.6. The summed E-state index contributed by atoms with van der Waals surface area (Å²) in [5.74, 6) is -1.06. The SMILES string of the molecule is Cc1ccc(Oc2ccc(C(CC(=O)O)NC(=O)NC3C(=O)C=CN(C)C3=O)cc2)cc1. The van der Waals surface area contributed by atoms with Crippen molar-refractivity contribution in [1.82, 2.24) is 15.5 Å². The molecule has 0 bridgehead atoms. The molecule has 9 nitrogen and oxygen atoms in total. The van der Waals surface area contributed by atoms with Gasteiger partial charge in [-0.3, -0.25) is 14.4 Å². The van der Waals surface area contributed by atoms with Crippen molar-refractivity contribution in [2.75, 3.05) is 7.05 Å². The molecule has 9 heteroatoms. The Kier molecular flexibility index (Phi) is 6.89. The molecule has 2 atom stereocenters. The van der Waals surface area contributed by atoms with Gasteiger partial charge in [0.1, 0.15) is 11.5 Å². The first-order valence-corrected chi connectivity index (χ1v) is 9.85. The lowest BCUT2D eigenvalue weighted by atomic mass is 10.0. The Morgan fingerprint density at radius 2 is 1.66 bits per heavy atom. The van der Waals surface area contributed by atoms with Gasteiger partial charge in [0.05, 0.1) is 12.5 Å². The summed E-state index contributed by atoms with van der Waals surface area (Å²) in [5, 5.41) is 14.1. The number of likely N-dealkylation sites (N-methyl/N-ethyl adjacent to an activating group) is 1. The fraction of sp³-hybridized carbons (Fsp3) is 0.217. The Bertz CT molecular complexity index is 1050. The number of rotatable bonds is 7. The highest BCUT2D eigenvalue weighted by Gasteiger charge is 2.32. The molecule has 0 saturated heterocycles. The van der Waals surface area contributed by atoms with Crippen molar-refractivity contribution >= 4 is 23.7 Å². The normalized spacial score (nSPS) is 16.4. The van der Waals surface area contributed by atoms with Crippen molar-refractivity contribution in [3.63, 3.8) is 0 Å². The van der Waals surface area contributed by atoms with Crippen LogP contribution in [0.2, 0.25) is 0 Å². The zero-order valence-corrected chi connectivity index (χ0v) is 17.6. The number of carbonyl (C=O) groups excluding carboxylic acids is 3. The van der Waals surface area contributed by atoms with Gasteiger partial charge in [0.25, 0.3) is 5.91 Å². The van der Waals surface area contributed by atoms with E-state index in [0.717, 1.165) is 5.56 Å². The molecule has 0 aromatic heterocycles. The van der Waals surface area contributed by atoms with Gasteiger partial charge in [-0.15, -0.1) is 0 Å². The highest BCUT2D eigenvalue weighted by atomic mass is 16.5. The van der Waals surface area contributed by atoms with Crippen LogP contribution in [0.3, 0.4) is 0 Å². The molecule has 0 spiro atoms. The molecule has 1 aliphatic rings. The summed E-state index contributed by atoms with van der Waals surface area (Å²) >= 11 is 0. The number of hydrogen-bond acceptors (Lipinski definition) is 5. The summed E-state index contributed by atoms with van der Waals surface area (Å²) in [6.07, 6.45) is 2.11. The quantitative estimate of drug-likeness (QED) is 0.572. The summed E-state index contributed by atoms with van der Waals surface area (Å²) < 4.78 is 5.76. The maximum atomic E-state index is 12.4. The van der Waals surface area contributed by atoms with Crippen LogP contribution in [0.4, 0.5) is 4.79 Å². The number of aryl methyl sites for hydroxylation is 1. The number of benzene rings is 2. The number of carboxylic acids is 1. The fourth-order valence-corrected chi connectivity index (χ4v) is 3.08. The van der Waals surface area contributed by atoms with Crippen molar-refractivity contribution in [2.45, 2.75) is 25.4 Å². The van der Waals surface area contributed by atoms with E-state index >= 15 is 0 Å². The van der Waals surface area contributed by atoms with Gasteiger partial charge in [0.15, 0.2) is 11.8 Å². The van der Waals surface area contributed by atoms with E-state index in [1.165, 1.54) is 24.2 Å². The lowest BCUT2D eigenvalue weighted by molar-refractivity contribution is -0.138. The minimum absolute atomic E-state index is 0.391. The van der Waals surface area contributed by atoms with Gasteiger partial charge in [-0.1, -0.05) is 29.8 Å². The Morgan fingerprint density at radius 1 is 1.06 bits per heavy atom. The van der Waals surface area contributed by atoms with Crippen LogP contribution >= 0.6 is 0 Å². The molecule has 1 aliphatic heterocycles. The number of carboxylic acid groups (broad SMARTS) is 1. The molecule has 166 valence electrons. The van der Waals surface area contributed by atoms with E-state index < -0.39 is 42.2 Å². The van der Waals surface area contributed by atoms with Crippen LogP contribution in [0.15, 0.2) is 60.8 Å². The molecule has 0 aliphatic carbocycles. The van der Waals surface area contributed by atoms with E-state index in [1.807, 2.05) is 31.2 Å². The number of hydrogen-bond donors (Lipinski definition) is 3. The molecule has 3 rings (SSSR count). The van der Waals surface area contributed by atoms with Crippen LogP contribution in [-0.4, -0.2) is 46.8 Å². The Balaban J connectivity index is 1.69. The molecule has 3 N–H and O–H groups in total. The molecule has 0 radical (unpaired) electrons. The number of amides is 3. The minimum atomic E-state index is -1.36. The standard InChI is InChI=1S/C23H23N3O6/c1-14-3-7-16(8-4-14)32-17-9-5-15(6-10-17)18(13-20(28)29)24-23(31)25-21-19(27)11-12-26(2)22(21)30/h3-12,18,21H,13H2,1-2H3,(H,28,29)(H2,24,25,31). The van der Waals surface area contributed by atoms with E-state index in [1.54, 1.807) is 24.3 Å². The van der Waals surface area contributed by atoms with Gasteiger partial charge in [0.2, 0.25) is 0 Å². The monoisotopic (exact) mass is 437 g/mol. The van der Waals surface area contributed by atoms with Crippen molar-refractivity contribution in [1.29, 1.82) is 0 Å². The number of ketones is 1. The average molecular weight is 437 g/mol. The van der Waals surface area contributed by atoms with E-state index in [0.29, 0.717) is 17.1 Å². The highest BCUT2D eigenvalue weighted by molar-refractivity contribution is 6.14. The minimum Gasteiger partial charge on any atom is -0.481 e. The van der Waals surface area contributed by atoms with Crippen LogP contribution in [0, 0.1) is 6.92 Å². The van der Waals surface area contributed by atoms with E-state index in [2.05, 4.69) is 10.6 Å². The van der Waals surface area contributed by atoms with E-state index in [9.17, 15) is 24.3 Å². The summed E-state index contributed by atoms with van der Waals surface area (Å²) in [4.78, 5) is 49.0. The number of aliphatic carboxylic acids is 1.